The number of aliphatic hydroxyl groups is 15. The highest BCUT2D eigenvalue weighted by Gasteiger charge is 2.76. The van der Waals surface area contributed by atoms with Crippen LogP contribution in [0.4, 0.5) is 0 Å². The molecule has 0 amide bonds. The molecule has 4 heterocycles. The molecule has 8 fully saturated rings. The second-order valence-electron chi connectivity index (χ2n) is 28.6. The van der Waals surface area contributed by atoms with Crippen molar-refractivity contribution in [2.75, 3.05) is 19.8 Å². The van der Waals surface area contributed by atoms with Crippen LogP contribution in [0.5, 0.6) is 0 Å². The number of esters is 1. The van der Waals surface area contributed by atoms with Crippen LogP contribution in [0.15, 0.2) is 11.6 Å². The summed E-state index contributed by atoms with van der Waals surface area (Å²) < 4.78 is 49.3. The quantitative estimate of drug-likeness (QED) is 0.0484. The first-order chi connectivity index (χ1) is 39.5. The molecule has 9 aliphatic rings. The van der Waals surface area contributed by atoms with Crippen molar-refractivity contribution in [1.29, 1.82) is 0 Å². The second-order valence-corrected chi connectivity index (χ2v) is 28.6. The number of ether oxygens (including phenoxy) is 8. The Labute approximate surface area is 494 Å². The average Bonchev–Trinajstić information content (AvgIpc) is 0.671. The molecular formula is C59H96O26. The molecule has 0 aromatic heterocycles. The SMILES string of the molecule is CC[C@H](C)C(=O)O[C@@H]1[C@H](O)[C@]2(C)C(=CC[C@@H]3[C@@]4(C)CC[C@H](O[C@@H]5O[C@H](C(=O)O)[C@@H](O)[C@@](O)([C@@H]6O[C@H](CO)[C@H](O)[C@H](O)[C@H]6O[C@@H]6O[C@@H](C)[C@H](O)[C@@H](O)[C@H]6O)[C@H]5O[C@@H]5O[C@H](CO)[C@@H](O)[C@H](O)[C@H]5O)C(C)(C)[C@@H]4CC[C@]32C)[C@@H]2CC(C)(C)C[C@H](O)[C@]12CO. The van der Waals surface area contributed by atoms with Gasteiger partial charge in [0.05, 0.1) is 49.5 Å². The molecule has 0 unspecified atom stereocenters. The number of rotatable bonds is 14. The van der Waals surface area contributed by atoms with Crippen LogP contribution in [0.1, 0.15) is 121 Å². The van der Waals surface area contributed by atoms with E-state index in [9.17, 15) is 91.3 Å². The Bertz CT molecular complexity index is 2430. The van der Waals surface area contributed by atoms with Gasteiger partial charge in [-0.3, -0.25) is 4.79 Å². The summed E-state index contributed by atoms with van der Waals surface area (Å²) in [7, 11) is 0. The molecule has 26 nitrogen and oxygen atoms in total. The van der Waals surface area contributed by atoms with Crippen LogP contribution in [0.25, 0.3) is 0 Å². The third kappa shape index (κ3) is 10.3. The van der Waals surface area contributed by atoms with E-state index in [4.69, 9.17) is 37.9 Å². The lowest BCUT2D eigenvalue weighted by Gasteiger charge is -2.73. The van der Waals surface area contributed by atoms with E-state index in [1.807, 2.05) is 27.7 Å². The molecule has 0 radical (unpaired) electrons. The topological polar surface area (TPSA) is 432 Å². The van der Waals surface area contributed by atoms with Gasteiger partial charge in [0.2, 0.25) is 0 Å². The molecule has 5 aliphatic carbocycles. The zero-order chi connectivity index (χ0) is 63.0. The molecule has 16 N–H and O–H groups in total. The number of hydrogen-bond acceptors (Lipinski definition) is 25. The zero-order valence-corrected chi connectivity index (χ0v) is 50.2. The number of carbonyl (C=O) groups is 2. The van der Waals surface area contributed by atoms with Crippen LogP contribution in [0, 0.1) is 56.2 Å². The van der Waals surface area contributed by atoms with E-state index < -0.39 is 223 Å². The minimum absolute atomic E-state index is 0.179. The molecule has 488 valence electrons. The lowest BCUT2D eigenvalue weighted by molar-refractivity contribution is -0.420. The Kier molecular flexibility index (Phi) is 18.8. The van der Waals surface area contributed by atoms with Crippen molar-refractivity contribution in [3.63, 3.8) is 0 Å². The number of carboxylic acids is 1. The van der Waals surface area contributed by atoms with Gasteiger partial charge in [0.15, 0.2) is 30.6 Å². The summed E-state index contributed by atoms with van der Waals surface area (Å²) >= 11 is 0. The van der Waals surface area contributed by atoms with E-state index in [1.165, 1.54) is 6.92 Å². The van der Waals surface area contributed by atoms with Gasteiger partial charge in [0.25, 0.3) is 0 Å². The standard InChI is InChI=1S/C59H96O26/c1-11-23(2)49(76)84-46-44(73)57(10)25(26-18-53(4,5)19-31(63)58(26,46)22-62)12-13-30-55(8)16-15-32(54(6,7)29(55)14-17-56(30,57)9)81-52-47(85-51-40(71)37(68)34(65)28(21-61)80-51)59(77,43(72)42(83-52)48(74)75)45-41(38(69)35(66)27(20-60)79-45)82-50-39(70)36(67)33(64)24(3)78-50/h12,23-24,26-47,50-52,60-73,77H,11,13-22H2,1-10H3,(H,74,75)/t23-,24-,26-,27+,28+,29-,30+,31-,32-,33-,34+,35-,36+,37-,38-,39+,40+,41+,42-,43+,44-,45+,46+,47-,50-,51-,52+,55-,56+,57-,58+,59+/m0/s1. The zero-order valence-electron chi connectivity index (χ0n) is 50.2. The lowest BCUT2D eigenvalue weighted by Crippen LogP contribution is -2.79. The summed E-state index contributed by atoms with van der Waals surface area (Å²) in [6.07, 6.45) is -38.9. The normalized spacial score (nSPS) is 53.4. The van der Waals surface area contributed by atoms with Crippen LogP contribution in [0.2, 0.25) is 0 Å². The van der Waals surface area contributed by atoms with Crippen molar-refractivity contribution in [2.24, 2.45) is 56.2 Å². The van der Waals surface area contributed by atoms with E-state index in [-0.39, 0.29) is 18.3 Å². The van der Waals surface area contributed by atoms with Gasteiger partial charge in [-0.15, -0.1) is 0 Å². The van der Waals surface area contributed by atoms with Crippen LogP contribution in [-0.4, -0.2) is 260 Å². The fourth-order valence-corrected chi connectivity index (χ4v) is 17.9. The van der Waals surface area contributed by atoms with Crippen molar-refractivity contribution in [3.8, 4) is 0 Å². The summed E-state index contributed by atoms with van der Waals surface area (Å²) in [5.41, 5.74) is -7.61. The van der Waals surface area contributed by atoms with Crippen molar-refractivity contribution in [2.45, 2.75) is 267 Å². The smallest absolute Gasteiger partial charge is 0.335 e. The van der Waals surface area contributed by atoms with Crippen molar-refractivity contribution < 1.29 is 129 Å². The summed E-state index contributed by atoms with van der Waals surface area (Å²) in [4.78, 5) is 27.3. The van der Waals surface area contributed by atoms with E-state index >= 15 is 0 Å². The number of allylic oxidation sites excluding steroid dienone is 1. The Balaban J connectivity index is 1.11. The van der Waals surface area contributed by atoms with Gasteiger partial charge >= 0.3 is 11.9 Å². The Morgan fingerprint density at radius 1 is 0.671 bits per heavy atom. The maximum Gasteiger partial charge on any atom is 0.335 e. The number of hydrogen-bond donors (Lipinski definition) is 16. The van der Waals surface area contributed by atoms with Gasteiger partial charge in [0.1, 0.15) is 97.7 Å². The van der Waals surface area contributed by atoms with Crippen LogP contribution >= 0.6 is 0 Å². The number of carboxylic acid groups (broad SMARTS) is 1. The number of carbonyl (C=O) groups excluding carboxylic acids is 1. The largest absolute Gasteiger partial charge is 0.479 e. The number of aliphatic carboxylic acids is 1. The van der Waals surface area contributed by atoms with E-state index in [1.54, 1.807) is 6.92 Å². The molecular weight excluding hydrogens is 1120 g/mol. The molecule has 85 heavy (non-hydrogen) atoms. The predicted octanol–water partition coefficient (Wildman–Crippen LogP) is -2.54. The fourth-order valence-electron chi connectivity index (χ4n) is 17.9. The summed E-state index contributed by atoms with van der Waals surface area (Å²) in [6, 6.07) is 0. The first-order valence-corrected chi connectivity index (χ1v) is 30.3. The molecule has 4 saturated heterocycles. The fraction of sp³-hybridized carbons (Fsp3) is 0.932. The maximum atomic E-state index is 13.9. The predicted molar refractivity (Wildman–Crippen MR) is 289 cm³/mol. The van der Waals surface area contributed by atoms with Gasteiger partial charge < -0.3 is 120 Å². The molecule has 9 rings (SSSR count). The van der Waals surface area contributed by atoms with E-state index in [2.05, 4.69) is 33.8 Å². The lowest BCUT2D eigenvalue weighted by atomic mass is 9.32. The highest BCUT2D eigenvalue weighted by molar-refractivity contribution is 5.74. The van der Waals surface area contributed by atoms with Gasteiger partial charge in [-0.05, 0) is 97.7 Å². The van der Waals surface area contributed by atoms with Crippen LogP contribution in [-0.2, 0) is 47.5 Å². The monoisotopic (exact) mass is 1220 g/mol. The third-order valence-electron chi connectivity index (χ3n) is 23.3. The van der Waals surface area contributed by atoms with Gasteiger partial charge in [-0.1, -0.05) is 74.0 Å². The van der Waals surface area contributed by atoms with Gasteiger partial charge in [0, 0.05) is 5.41 Å². The Hall–Kier alpha value is -2.20. The van der Waals surface area contributed by atoms with Crippen molar-refractivity contribution in [3.05, 3.63) is 11.6 Å². The highest BCUT2D eigenvalue weighted by Crippen LogP contribution is 2.76. The van der Waals surface area contributed by atoms with Crippen LogP contribution < -0.4 is 0 Å². The molecule has 4 saturated carbocycles. The molecule has 0 bridgehead atoms. The first kappa shape index (κ1) is 67.2. The van der Waals surface area contributed by atoms with E-state index in [0.29, 0.717) is 44.9 Å². The van der Waals surface area contributed by atoms with Crippen LogP contribution in [0.3, 0.4) is 0 Å². The maximum absolute atomic E-state index is 13.9. The van der Waals surface area contributed by atoms with E-state index in [0.717, 1.165) is 5.57 Å². The number of aliphatic hydroxyl groups excluding tert-OH is 14. The third-order valence-corrected chi connectivity index (χ3v) is 23.3. The van der Waals surface area contributed by atoms with Crippen molar-refractivity contribution >= 4 is 11.9 Å². The molecule has 0 aromatic rings. The average molecular weight is 1220 g/mol. The van der Waals surface area contributed by atoms with Gasteiger partial charge in [-0.2, -0.15) is 0 Å². The van der Waals surface area contributed by atoms with Gasteiger partial charge in [-0.25, -0.2) is 4.79 Å². The van der Waals surface area contributed by atoms with Crippen molar-refractivity contribution in [1.82, 2.24) is 0 Å². The Morgan fingerprint density at radius 2 is 1.27 bits per heavy atom. The molecule has 32 atom stereocenters. The molecule has 0 aromatic carbocycles. The Morgan fingerprint density at radius 3 is 1.87 bits per heavy atom. The number of fused-ring (bicyclic) bond motifs is 7. The second kappa shape index (κ2) is 23.8. The minimum Gasteiger partial charge on any atom is -0.479 e. The minimum atomic E-state index is -3.41. The molecule has 0 spiro atoms. The molecule has 26 heteroatoms. The summed E-state index contributed by atoms with van der Waals surface area (Å²) in [5, 5.41) is 183. The highest BCUT2D eigenvalue weighted by atomic mass is 16.8. The summed E-state index contributed by atoms with van der Waals surface area (Å²) in [5.74, 6) is -3.88. The molecule has 4 aliphatic heterocycles. The summed E-state index contributed by atoms with van der Waals surface area (Å²) in [6.45, 7) is 16.7. The first-order valence-electron chi connectivity index (χ1n) is 30.3.